The van der Waals surface area contributed by atoms with Gasteiger partial charge in [-0.15, -0.1) is 0 Å². The van der Waals surface area contributed by atoms with E-state index in [1.807, 2.05) is 36.4 Å². The van der Waals surface area contributed by atoms with Gasteiger partial charge in [-0.1, -0.05) is 73.8 Å². The lowest BCUT2D eigenvalue weighted by Crippen LogP contribution is -2.62. The predicted molar refractivity (Wildman–Crippen MR) is 92.1 cm³/mol. The zero-order valence-corrected chi connectivity index (χ0v) is 13.5. The van der Waals surface area contributed by atoms with E-state index in [4.69, 9.17) is 8.85 Å². The average molecular weight is 296 g/mol. The van der Waals surface area contributed by atoms with Crippen LogP contribution in [-0.4, -0.2) is 22.8 Å². The van der Waals surface area contributed by atoms with Gasteiger partial charge in [-0.2, -0.15) is 0 Å². The number of benzene rings is 2. The van der Waals surface area contributed by atoms with E-state index >= 15 is 0 Å². The summed E-state index contributed by atoms with van der Waals surface area (Å²) in [7, 11) is 0.778. The molecule has 0 saturated heterocycles. The van der Waals surface area contributed by atoms with E-state index in [0.717, 1.165) is 21.5 Å². The standard InChI is InChI=1S/C18H20O2Si/c1-5-15-7-11-17(12-8-15)21(19-3,20-4)18-13-9-16(6-2)10-14-18/h5-14H,1-2H2,3-4H3. The summed E-state index contributed by atoms with van der Waals surface area (Å²) in [6.07, 6.45) is 3.65. The molecule has 0 radical (unpaired) electrons. The maximum Gasteiger partial charge on any atom is 0.406 e. The Bertz CT molecular complexity index is 557. The summed E-state index contributed by atoms with van der Waals surface area (Å²) in [4.78, 5) is 0. The fourth-order valence-electron chi connectivity index (χ4n) is 2.40. The van der Waals surface area contributed by atoms with Crippen molar-refractivity contribution in [2.75, 3.05) is 14.2 Å². The van der Waals surface area contributed by atoms with E-state index in [0.29, 0.717) is 0 Å². The molecule has 21 heavy (non-hydrogen) atoms. The van der Waals surface area contributed by atoms with Crippen molar-refractivity contribution in [1.82, 2.24) is 0 Å². The molecule has 0 spiro atoms. The Hall–Kier alpha value is -1.94. The molecule has 0 atom stereocenters. The molecular weight excluding hydrogens is 276 g/mol. The van der Waals surface area contributed by atoms with Crippen molar-refractivity contribution in [2.24, 2.45) is 0 Å². The molecule has 0 saturated carbocycles. The molecule has 0 aliphatic carbocycles. The van der Waals surface area contributed by atoms with Crippen LogP contribution in [-0.2, 0) is 8.85 Å². The van der Waals surface area contributed by atoms with Gasteiger partial charge >= 0.3 is 8.56 Å². The van der Waals surface area contributed by atoms with Crippen LogP contribution in [0.1, 0.15) is 11.1 Å². The molecule has 0 aromatic heterocycles. The highest BCUT2D eigenvalue weighted by molar-refractivity contribution is 6.92. The molecule has 0 unspecified atom stereocenters. The lowest BCUT2D eigenvalue weighted by Gasteiger charge is -2.28. The van der Waals surface area contributed by atoms with Crippen molar-refractivity contribution >= 4 is 31.1 Å². The van der Waals surface area contributed by atoms with E-state index in [1.54, 1.807) is 14.2 Å². The quantitative estimate of drug-likeness (QED) is 0.763. The third kappa shape index (κ3) is 2.90. The monoisotopic (exact) mass is 296 g/mol. The maximum atomic E-state index is 5.87. The van der Waals surface area contributed by atoms with Crippen molar-refractivity contribution in [3.63, 3.8) is 0 Å². The van der Waals surface area contributed by atoms with Crippen molar-refractivity contribution in [1.29, 1.82) is 0 Å². The summed E-state index contributed by atoms with van der Waals surface area (Å²) in [5.74, 6) is 0. The van der Waals surface area contributed by atoms with Crippen LogP contribution in [0.15, 0.2) is 61.7 Å². The van der Waals surface area contributed by atoms with Gasteiger partial charge in [-0.25, -0.2) is 0 Å². The zero-order valence-electron chi connectivity index (χ0n) is 12.5. The average Bonchev–Trinajstić information content (AvgIpc) is 2.57. The summed E-state index contributed by atoms with van der Waals surface area (Å²) in [6.45, 7) is 7.56. The first-order valence-corrected chi connectivity index (χ1v) is 8.58. The second kappa shape index (κ2) is 6.67. The summed E-state index contributed by atoms with van der Waals surface area (Å²) in [6, 6.07) is 16.3. The van der Waals surface area contributed by atoms with E-state index < -0.39 is 8.56 Å². The van der Waals surface area contributed by atoms with Gasteiger partial charge in [0, 0.05) is 14.2 Å². The molecule has 0 fully saturated rings. The fourth-order valence-corrected chi connectivity index (χ4v) is 5.05. The van der Waals surface area contributed by atoms with E-state index in [-0.39, 0.29) is 0 Å². The van der Waals surface area contributed by atoms with Gasteiger partial charge in [0.25, 0.3) is 0 Å². The minimum Gasteiger partial charge on any atom is -0.391 e. The van der Waals surface area contributed by atoms with E-state index in [9.17, 15) is 0 Å². The van der Waals surface area contributed by atoms with Gasteiger partial charge in [0.05, 0.1) is 0 Å². The first-order chi connectivity index (χ1) is 10.2. The number of rotatable bonds is 6. The Morgan fingerprint density at radius 2 is 1.05 bits per heavy atom. The third-order valence-electron chi connectivity index (χ3n) is 3.63. The number of hydrogen-bond donors (Lipinski definition) is 0. The van der Waals surface area contributed by atoms with E-state index in [2.05, 4.69) is 37.4 Å². The lowest BCUT2D eigenvalue weighted by molar-refractivity contribution is 0.272. The molecule has 2 aromatic carbocycles. The van der Waals surface area contributed by atoms with E-state index in [1.165, 1.54) is 0 Å². The topological polar surface area (TPSA) is 18.5 Å². The van der Waals surface area contributed by atoms with Gasteiger partial charge < -0.3 is 8.85 Å². The minimum absolute atomic E-state index is 1.07. The van der Waals surface area contributed by atoms with Crippen molar-refractivity contribution < 1.29 is 8.85 Å². The molecule has 0 bridgehead atoms. The third-order valence-corrected chi connectivity index (χ3v) is 6.96. The van der Waals surface area contributed by atoms with Crippen LogP contribution >= 0.6 is 0 Å². The van der Waals surface area contributed by atoms with Gasteiger partial charge in [-0.05, 0) is 21.5 Å². The smallest absolute Gasteiger partial charge is 0.391 e. The molecule has 2 nitrogen and oxygen atoms in total. The molecule has 0 amide bonds. The Morgan fingerprint density at radius 1 is 0.714 bits per heavy atom. The van der Waals surface area contributed by atoms with Crippen molar-refractivity contribution in [3.05, 3.63) is 72.8 Å². The lowest BCUT2D eigenvalue weighted by atomic mass is 10.2. The first kappa shape index (κ1) is 15.4. The van der Waals surface area contributed by atoms with Gasteiger partial charge in [0.1, 0.15) is 0 Å². The second-order valence-corrected chi connectivity index (χ2v) is 7.88. The molecule has 0 aliphatic rings. The van der Waals surface area contributed by atoms with Crippen LogP contribution in [0.25, 0.3) is 12.2 Å². The van der Waals surface area contributed by atoms with Crippen LogP contribution in [0.4, 0.5) is 0 Å². The van der Waals surface area contributed by atoms with Gasteiger partial charge in [-0.3, -0.25) is 0 Å². The predicted octanol–water partition coefficient (Wildman–Crippen LogP) is 2.82. The minimum atomic E-state index is -2.64. The van der Waals surface area contributed by atoms with Crippen LogP contribution in [0.3, 0.4) is 0 Å². The fraction of sp³-hybridized carbons (Fsp3) is 0.111. The van der Waals surface area contributed by atoms with Gasteiger partial charge in [0.15, 0.2) is 0 Å². The normalized spacial score (nSPS) is 11.1. The molecule has 0 aliphatic heterocycles. The highest BCUT2D eigenvalue weighted by Gasteiger charge is 2.40. The second-order valence-electron chi connectivity index (χ2n) is 4.68. The molecule has 0 heterocycles. The maximum absolute atomic E-state index is 5.87. The van der Waals surface area contributed by atoms with Crippen LogP contribution in [0, 0.1) is 0 Å². The van der Waals surface area contributed by atoms with Crippen molar-refractivity contribution in [2.45, 2.75) is 0 Å². The van der Waals surface area contributed by atoms with Crippen LogP contribution in [0.2, 0.25) is 0 Å². The van der Waals surface area contributed by atoms with Crippen LogP contribution in [0.5, 0.6) is 0 Å². The number of hydrogen-bond acceptors (Lipinski definition) is 2. The summed E-state index contributed by atoms with van der Waals surface area (Å²) in [5.41, 5.74) is 2.16. The Balaban J connectivity index is 2.51. The van der Waals surface area contributed by atoms with Crippen LogP contribution < -0.4 is 10.4 Å². The summed E-state index contributed by atoms with van der Waals surface area (Å²) >= 11 is 0. The summed E-state index contributed by atoms with van der Waals surface area (Å²) < 4.78 is 11.7. The molecular formula is C18H20O2Si. The SMILES string of the molecule is C=Cc1ccc([Si](OC)(OC)c2ccc(C=C)cc2)cc1. The largest absolute Gasteiger partial charge is 0.406 e. The zero-order chi connectivity index (χ0) is 15.3. The molecule has 0 N–H and O–H groups in total. The Kier molecular flexibility index (Phi) is 4.91. The molecule has 3 heteroatoms. The molecule has 2 aromatic rings. The molecule has 108 valence electrons. The molecule has 2 rings (SSSR count). The Labute approximate surface area is 127 Å². The Morgan fingerprint density at radius 3 is 1.29 bits per heavy atom. The highest BCUT2D eigenvalue weighted by Crippen LogP contribution is 2.10. The van der Waals surface area contributed by atoms with Gasteiger partial charge in [0.2, 0.25) is 0 Å². The van der Waals surface area contributed by atoms with Crippen molar-refractivity contribution in [3.8, 4) is 0 Å². The first-order valence-electron chi connectivity index (χ1n) is 6.76. The summed E-state index contributed by atoms with van der Waals surface area (Å²) in [5, 5.41) is 2.15. The highest BCUT2D eigenvalue weighted by atomic mass is 28.4.